The Morgan fingerprint density at radius 3 is 0.974 bits per heavy atom. The summed E-state index contributed by atoms with van der Waals surface area (Å²) in [6.45, 7) is 0. The molecular formula is C24H10Cl4O10. The van der Waals surface area contributed by atoms with E-state index in [-0.39, 0.29) is 22.3 Å². The second kappa shape index (κ2) is 11.6. The molecule has 0 heterocycles. The normalized spacial score (nSPS) is 10.4. The van der Waals surface area contributed by atoms with E-state index >= 15 is 0 Å². The van der Waals surface area contributed by atoms with Crippen LogP contribution in [0.15, 0.2) is 48.5 Å². The molecule has 0 aliphatic carbocycles. The number of esters is 4. The van der Waals surface area contributed by atoms with Gasteiger partial charge in [-0.1, -0.05) is 46.4 Å². The molecule has 3 rings (SSSR count). The second-order valence-corrected chi connectivity index (χ2v) is 8.64. The summed E-state index contributed by atoms with van der Waals surface area (Å²) in [6, 6.07) is 8.65. The monoisotopic (exact) mass is 598 g/mol. The SMILES string of the molecule is O=C(O)c1ccc(C(=O)OC(=O)c2c(Cl)c(Cl)c(Cl)c(Cl)c2C(=O)OC(=O)c2ccc(C(=O)O)cc2)cc1. The third-order valence-electron chi connectivity index (χ3n) is 4.78. The van der Waals surface area contributed by atoms with Crippen molar-refractivity contribution in [1.29, 1.82) is 0 Å². The van der Waals surface area contributed by atoms with Crippen LogP contribution >= 0.6 is 46.4 Å². The van der Waals surface area contributed by atoms with Crippen molar-refractivity contribution in [2.24, 2.45) is 0 Å². The molecule has 0 unspecified atom stereocenters. The van der Waals surface area contributed by atoms with Gasteiger partial charge in [0.25, 0.3) is 0 Å². The molecule has 0 saturated carbocycles. The van der Waals surface area contributed by atoms with Crippen LogP contribution in [0.1, 0.15) is 62.1 Å². The molecular weight excluding hydrogens is 590 g/mol. The molecule has 0 spiro atoms. The number of benzene rings is 3. The van der Waals surface area contributed by atoms with Crippen molar-refractivity contribution in [1.82, 2.24) is 0 Å². The fourth-order valence-electron chi connectivity index (χ4n) is 2.90. The Morgan fingerprint density at radius 2 is 0.711 bits per heavy atom. The van der Waals surface area contributed by atoms with Gasteiger partial charge < -0.3 is 19.7 Å². The van der Waals surface area contributed by atoms with E-state index in [0.29, 0.717) is 0 Å². The topological polar surface area (TPSA) is 161 Å². The summed E-state index contributed by atoms with van der Waals surface area (Å²) in [5.41, 5.74) is -2.43. The number of ether oxygens (including phenoxy) is 2. The lowest BCUT2D eigenvalue weighted by atomic mass is 10.1. The molecule has 194 valence electrons. The zero-order valence-electron chi connectivity index (χ0n) is 18.3. The number of carboxylic acids is 2. The fourth-order valence-corrected chi connectivity index (χ4v) is 3.91. The number of carbonyl (C=O) groups excluding carboxylic acids is 4. The predicted molar refractivity (Wildman–Crippen MR) is 133 cm³/mol. The van der Waals surface area contributed by atoms with Crippen molar-refractivity contribution in [3.63, 3.8) is 0 Å². The quantitative estimate of drug-likeness (QED) is 0.156. The Kier molecular flexibility index (Phi) is 8.74. The fraction of sp³-hybridized carbons (Fsp3) is 0. The van der Waals surface area contributed by atoms with Gasteiger partial charge in [-0.25, -0.2) is 28.8 Å². The molecule has 38 heavy (non-hydrogen) atoms. The molecule has 0 amide bonds. The Labute approximate surface area is 232 Å². The molecule has 0 saturated heterocycles. The second-order valence-electron chi connectivity index (χ2n) is 7.12. The zero-order chi connectivity index (χ0) is 28.3. The van der Waals surface area contributed by atoms with Gasteiger partial charge in [0.2, 0.25) is 0 Å². The summed E-state index contributed by atoms with van der Waals surface area (Å²) in [5, 5.41) is 15.7. The van der Waals surface area contributed by atoms with Crippen LogP contribution in [-0.4, -0.2) is 46.0 Å². The van der Waals surface area contributed by atoms with Gasteiger partial charge in [-0.05, 0) is 48.5 Å². The summed E-state index contributed by atoms with van der Waals surface area (Å²) < 4.78 is 9.50. The Bertz CT molecular complexity index is 1400. The molecule has 0 bridgehead atoms. The Morgan fingerprint density at radius 1 is 0.447 bits per heavy atom. The van der Waals surface area contributed by atoms with Crippen molar-refractivity contribution in [3.05, 3.63) is 102 Å². The van der Waals surface area contributed by atoms with E-state index in [1.165, 1.54) is 0 Å². The lowest BCUT2D eigenvalue weighted by Crippen LogP contribution is -2.21. The van der Waals surface area contributed by atoms with Gasteiger partial charge >= 0.3 is 35.8 Å². The van der Waals surface area contributed by atoms with Crippen LogP contribution in [-0.2, 0) is 9.47 Å². The highest BCUT2D eigenvalue weighted by molar-refractivity contribution is 6.54. The summed E-state index contributed by atoms with van der Waals surface area (Å²) >= 11 is 24.2. The summed E-state index contributed by atoms with van der Waals surface area (Å²) in [7, 11) is 0. The maximum Gasteiger partial charge on any atom is 0.348 e. The summed E-state index contributed by atoms with van der Waals surface area (Å²) in [4.78, 5) is 72.6. The van der Waals surface area contributed by atoms with Crippen molar-refractivity contribution in [2.45, 2.75) is 0 Å². The van der Waals surface area contributed by atoms with E-state index in [2.05, 4.69) is 0 Å². The lowest BCUT2D eigenvalue weighted by Gasteiger charge is -2.14. The summed E-state index contributed by atoms with van der Waals surface area (Å²) in [5.74, 6) is -8.05. The van der Waals surface area contributed by atoms with E-state index < -0.39 is 67.0 Å². The maximum absolute atomic E-state index is 12.9. The molecule has 0 aromatic heterocycles. The number of carbonyl (C=O) groups is 6. The molecule has 0 aliphatic rings. The van der Waals surface area contributed by atoms with Gasteiger partial charge in [0.1, 0.15) is 0 Å². The van der Waals surface area contributed by atoms with Crippen molar-refractivity contribution < 1.29 is 48.5 Å². The molecule has 10 nitrogen and oxygen atoms in total. The first-order valence-electron chi connectivity index (χ1n) is 9.89. The number of carboxylic acid groups (broad SMARTS) is 2. The molecule has 2 N–H and O–H groups in total. The standard InChI is InChI=1S/C24H10Cl4O10/c25-15-13(23(35)37-21(33)11-5-1-9(2-6-11)19(29)30)14(16(26)18(28)17(15)27)24(36)38-22(34)12-7-3-10(4-8-12)20(31)32/h1-8H,(H,29,30)(H,31,32). The van der Waals surface area contributed by atoms with Crippen LogP contribution in [0.4, 0.5) is 0 Å². The molecule has 0 radical (unpaired) electrons. The van der Waals surface area contributed by atoms with Gasteiger partial charge in [0, 0.05) is 0 Å². The highest BCUT2D eigenvalue weighted by atomic mass is 35.5. The highest BCUT2D eigenvalue weighted by Gasteiger charge is 2.33. The van der Waals surface area contributed by atoms with E-state index in [0.717, 1.165) is 48.5 Å². The number of aromatic carboxylic acids is 2. The molecule has 0 atom stereocenters. The zero-order valence-corrected chi connectivity index (χ0v) is 21.3. The summed E-state index contributed by atoms with van der Waals surface area (Å²) in [6.07, 6.45) is 0. The van der Waals surface area contributed by atoms with E-state index in [1.54, 1.807) is 0 Å². The molecule has 14 heteroatoms. The van der Waals surface area contributed by atoms with Crippen LogP contribution in [0.25, 0.3) is 0 Å². The van der Waals surface area contributed by atoms with E-state index in [1.807, 2.05) is 0 Å². The van der Waals surface area contributed by atoms with Crippen molar-refractivity contribution in [3.8, 4) is 0 Å². The first-order valence-corrected chi connectivity index (χ1v) is 11.4. The van der Waals surface area contributed by atoms with Gasteiger partial charge in [0.15, 0.2) is 0 Å². The third kappa shape index (κ3) is 5.95. The van der Waals surface area contributed by atoms with Gasteiger partial charge in [-0.3, -0.25) is 0 Å². The van der Waals surface area contributed by atoms with Crippen LogP contribution in [0, 0.1) is 0 Å². The Balaban J connectivity index is 1.94. The minimum absolute atomic E-state index is 0.139. The number of hydrogen-bond acceptors (Lipinski definition) is 8. The molecule has 0 fully saturated rings. The van der Waals surface area contributed by atoms with Gasteiger partial charge in [0.05, 0.1) is 53.5 Å². The first-order chi connectivity index (χ1) is 17.8. The van der Waals surface area contributed by atoms with Crippen molar-refractivity contribution >= 4 is 82.2 Å². The van der Waals surface area contributed by atoms with Crippen LogP contribution in [0.2, 0.25) is 20.1 Å². The molecule has 3 aromatic rings. The molecule has 0 aliphatic heterocycles. The van der Waals surface area contributed by atoms with E-state index in [9.17, 15) is 28.8 Å². The Hall–Kier alpha value is -3.96. The minimum Gasteiger partial charge on any atom is -0.478 e. The minimum atomic E-state index is -1.52. The van der Waals surface area contributed by atoms with Gasteiger partial charge in [-0.2, -0.15) is 0 Å². The number of rotatable bonds is 6. The van der Waals surface area contributed by atoms with Gasteiger partial charge in [-0.15, -0.1) is 0 Å². The van der Waals surface area contributed by atoms with Crippen LogP contribution < -0.4 is 0 Å². The number of hydrogen-bond donors (Lipinski definition) is 2. The highest BCUT2D eigenvalue weighted by Crippen LogP contribution is 2.42. The lowest BCUT2D eigenvalue weighted by molar-refractivity contribution is 0.0356. The maximum atomic E-state index is 12.9. The predicted octanol–water partition coefficient (Wildman–Crippen LogP) is 5.69. The average Bonchev–Trinajstić information content (AvgIpc) is 2.89. The number of halogens is 4. The molecule has 3 aromatic carbocycles. The van der Waals surface area contributed by atoms with Crippen molar-refractivity contribution in [2.75, 3.05) is 0 Å². The average molecular weight is 600 g/mol. The van der Waals surface area contributed by atoms with E-state index in [4.69, 9.17) is 66.1 Å². The van der Waals surface area contributed by atoms with Crippen LogP contribution in [0.3, 0.4) is 0 Å². The third-order valence-corrected chi connectivity index (χ3v) is 6.58. The largest absolute Gasteiger partial charge is 0.478 e. The smallest absolute Gasteiger partial charge is 0.348 e. The first kappa shape index (κ1) is 28.6. The van der Waals surface area contributed by atoms with Crippen LogP contribution in [0.5, 0.6) is 0 Å².